The van der Waals surface area contributed by atoms with Gasteiger partial charge in [-0.1, -0.05) is 24.1 Å². The Morgan fingerprint density at radius 3 is 2.41 bits per heavy atom. The van der Waals surface area contributed by atoms with E-state index in [1.54, 1.807) is 11.3 Å². The predicted octanol–water partition coefficient (Wildman–Crippen LogP) is 5.54. The maximum absolute atomic E-state index is 12.4. The van der Waals surface area contributed by atoms with Crippen LogP contribution in [0.15, 0.2) is 12.1 Å². The molecule has 1 aliphatic rings. The number of carbonyl (C=O) groups is 1. The second kappa shape index (κ2) is 8.40. The highest BCUT2D eigenvalue weighted by Gasteiger charge is 2.25. The first-order valence-corrected chi connectivity index (χ1v) is 10.5. The lowest BCUT2D eigenvalue weighted by Gasteiger charge is -2.16. The maximum atomic E-state index is 12.4. The van der Waals surface area contributed by atoms with E-state index in [1.165, 1.54) is 24.0 Å². The number of anilines is 2. The van der Waals surface area contributed by atoms with Crippen molar-refractivity contribution in [1.29, 1.82) is 0 Å². The number of thiophene rings is 1. The van der Waals surface area contributed by atoms with Gasteiger partial charge in [0.15, 0.2) is 5.11 Å². The minimum Gasteiger partial charge on any atom is -0.465 e. The first-order valence-electron chi connectivity index (χ1n) is 9.29. The van der Waals surface area contributed by atoms with Crippen LogP contribution in [0.5, 0.6) is 0 Å². The second-order valence-electron chi connectivity index (χ2n) is 7.11. The molecule has 0 saturated heterocycles. The average Bonchev–Trinajstić information content (AvgIpc) is 2.78. The van der Waals surface area contributed by atoms with Crippen LogP contribution in [0, 0.1) is 20.8 Å². The normalized spacial score (nSPS) is 13.5. The SMILES string of the molecule is COC(=O)c1c(NC(=S)Nc2c(C)cc(C)cc2C)sc2c1CCCCC2. The maximum Gasteiger partial charge on any atom is 0.341 e. The Balaban J connectivity index is 1.87. The molecule has 27 heavy (non-hydrogen) atoms. The molecule has 1 aromatic heterocycles. The van der Waals surface area contributed by atoms with Crippen molar-refractivity contribution in [1.82, 2.24) is 0 Å². The van der Waals surface area contributed by atoms with Crippen LogP contribution in [0.2, 0.25) is 0 Å². The highest BCUT2D eigenvalue weighted by Crippen LogP contribution is 2.38. The lowest BCUT2D eigenvalue weighted by Crippen LogP contribution is -2.21. The molecule has 0 saturated carbocycles. The van der Waals surface area contributed by atoms with E-state index in [2.05, 4.69) is 43.5 Å². The Bertz CT molecular complexity index is 864. The molecule has 0 amide bonds. The molecule has 6 heteroatoms. The zero-order valence-corrected chi connectivity index (χ0v) is 18.0. The quantitative estimate of drug-likeness (QED) is 0.401. The molecule has 4 nitrogen and oxygen atoms in total. The summed E-state index contributed by atoms with van der Waals surface area (Å²) in [6, 6.07) is 4.26. The molecular weight excluding hydrogens is 376 g/mol. The number of methoxy groups -OCH3 is 1. The summed E-state index contributed by atoms with van der Waals surface area (Å²) >= 11 is 7.18. The molecule has 0 spiro atoms. The fourth-order valence-corrected chi connectivity index (χ4v) is 5.32. The number of ether oxygens (including phenoxy) is 1. The summed E-state index contributed by atoms with van der Waals surface area (Å²) < 4.78 is 5.06. The first-order chi connectivity index (χ1) is 12.9. The van der Waals surface area contributed by atoms with E-state index in [0.717, 1.165) is 53.1 Å². The van der Waals surface area contributed by atoms with Crippen LogP contribution < -0.4 is 10.6 Å². The van der Waals surface area contributed by atoms with E-state index < -0.39 is 0 Å². The van der Waals surface area contributed by atoms with Gasteiger partial charge in [-0.3, -0.25) is 0 Å². The Labute approximate surface area is 170 Å². The van der Waals surface area contributed by atoms with Gasteiger partial charge in [-0.2, -0.15) is 0 Å². The Morgan fingerprint density at radius 2 is 1.74 bits per heavy atom. The van der Waals surface area contributed by atoms with E-state index >= 15 is 0 Å². The average molecular weight is 403 g/mol. The fourth-order valence-electron chi connectivity index (χ4n) is 3.77. The first kappa shape index (κ1) is 19.8. The van der Waals surface area contributed by atoms with Crippen molar-refractivity contribution in [3.63, 3.8) is 0 Å². The van der Waals surface area contributed by atoms with Crippen LogP contribution in [0.3, 0.4) is 0 Å². The summed E-state index contributed by atoms with van der Waals surface area (Å²) in [4.78, 5) is 13.7. The van der Waals surface area contributed by atoms with Gasteiger partial charge in [0.25, 0.3) is 0 Å². The molecular formula is C21H26N2O2S2. The molecule has 2 aromatic rings. The van der Waals surface area contributed by atoms with Gasteiger partial charge >= 0.3 is 5.97 Å². The molecule has 1 aromatic carbocycles. The molecule has 0 fully saturated rings. The van der Waals surface area contributed by atoms with Crippen molar-refractivity contribution < 1.29 is 9.53 Å². The molecule has 0 aliphatic heterocycles. The minimum absolute atomic E-state index is 0.289. The van der Waals surface area contributed by atoms with Crippen molar-refractivity contribution in [2.75, 3.05) is 17.7 Å². The number of hydrogen-bond acceptors (Lipinski definition) is 4. The standard InChI is InChI=1S/C21H26N2O2S2/c1-12-10-13(2)18(14(3)11-12)22-21(26)23-19-17(20(24)25-4)15-8-6-5-7-9-16(15)27-19/h10-11H,5-9H2,1-4H3,(H2,22,23,26). The fraction of sp³-hybridized carbons (Fsp3) is 0.429. The van der Waals surface area contributed by atoms with Gasteiger partial charge in [0.05, 0.1) is 12.7 Å². The monoisotopic (exact) mass is 402 g/mol. The molecule has 2 N–H and O–H groups in total. The van der Waals surface area contributed by atoms with E-state index in [9.17, 15) is 4.79 Å². The number of fused-ring (bicyclic) bond motifs is 1. The number of thiocarbonyl (C=S) groups is 1. The van der Waals surface area contributed by atoms with E-state index in [-0.39, 0.29) is 5.97 Å². The summed E-state index contributed by atoms with van der Waals surface area (Å²) in [5.41, 5.74) is 6.32. The lowest BCUT2D eigenvalue weighted by atomic mass is 10.1. The van der Waals surface area contributed by atoms with Gasteiger partial charge in [0, 0.05) is 10.6 Å². The number of aryl methyl sites for hydroxylation is 4. The Morgan fingerprint density at radius 1 is 1.07 bits per heavy atom. The smallest absolute Gasteiger partial charge is 0.341 e. The van der Waals surface area contributed by atoms with E-state index in [4.69, 9.17) is 17.0 Å². The summed E-state index contributed by atoms with van der Waals surface area (Å²) in [6.07, 6.45) is 5.42. The Kier molecular flexibility index (Phi) is 6.17. The van der Waals surface area contributed by atoms with Gasteiger partial charge in [0.1, 0.15) is 5.00 Å². The zero-order chi connectivity index (χ0) is 19.6. The molecule has 0 bridgehead atoms. The van der Waals surface area contributed by atoms with Crippen LogP contribution in [0.1, 0.15) is 56.8 Å². The molecule has 3 rings (SSSR count). The van der Waals surface area contributed by atoms with E-state index in [1.807, 2.05) is 0 Å². The van der Waals surface area contributed by atoms with Crippen LogP contribution in [-0.2, 0) is 17.6 Å². The topological polar surface area (TPSA) is 50.4 Å². The van der Waals surface area contributed by atoms with Crippen LogP contribution in [-0.4, -0.2) is 18.2 Å². The predicted molar refractivity (Wildman–Crippen MR) is 117 cm³/mol. The molecule has 1 aliphatic carbocycles. The number of carbonyl (C=O) groups excluding carboxylic acids is 1. The zero-order valence-electron chi connectivity index (χ0n) is 16.3. The third kappa shape index (κ3) is 4.33. The Hall–Kier alpha value is -1.92. The molecule has 144 valence electrons. The minimum atomic E-state index is -0.289. The van der Waals surface area contributed by atoms with E-state index in [0.29, 0.717) is 10.7 Å². The molecule has 1 heterocycles. The number of benzene rings is 1. The number of esters is 1. The van der Waals surface area contributed by atoms with Gasteiger partial charge in [-0.05, 0) is 75.4 Å². The van der Waals surface area contributed by atoms with Crippen molar-refractivity contribution in [3.05, 3.63) is 44.8 Å². The van der Waals surface area contributed by atoms with Gasteiger partial charge in [-0.15, -0.1) is 11.3 Å². The third-order valence-corrected chi connectivity index (χ3v) is 6.36. The van der Waals surface area contributed by atoms with Gasteiger partial charge in [-0.25, -0.2) is 4.79 Å². The van der Waals surface area contributed by atoms with Gasteiger partial charge < -0.3 is 15.4 Å². The highest BCUT2D eigenvalue weighted by atomic mass is 32.1. The van der Waals surface area contributed by atoms with Crippen molar-refractivity contribution >= 4 is 45.3 Å². The van der Waals surface area contributed by atoms with Crippen LogP contribution in [0.4, 0.5) is 10.7 Å². The van der Waals surface area contributed by atoms with Crippen molar-refractivity contribution in [2.45, 2.75) is 52.9 Å². The number of rotatable bonds is 3. The number of nitrogens with one attached hydrogen (secondary N) is 2. The van der Waals surface area contributed by atoms with Crippen LogP contribution >= 0.6 is 23.6 Å². The summed E-state index contributed by atoms with van der Waals surface area (Å²) in [5, 5.41) is 7.84. The molecule has 0 unspecified atom stereocenters. The third-order valence-electron chi connectivity index (χ3n) is 4.95. The highest BCUT2D eigenvalue weighted by molar-refractivity contribution is 7.80. The van der Waals surface area contributed by atoms with Crippen molar-refractivity contribution in [3.8, 4) is 0 Å². The molecule has 0 radical (unpaired) electrons. The van der Waals surface area contributed by atoms with Crippen LogP contribution in [0.25, 0.3) is 0 Å². The largest absolute Gasteiger partial charge is 0.465 e. The lowest BCUT2D eigenvalue weighted by molar-refractivity contribution is 0.0601. The summed E-state index contributed by atoms with van der Waals surface area (Å²) in [6.45, 7) is 6.22. The van der Waals surface area contributed by atoms with Crippen molar-refractivity contribution in [2.24, 2.45) is 0 Å². The van der Waals surface area contributed by atoms with Gasteiger partial charge in [0.2, 0.25) is 0 Å². The summed E-state index contributed by atoms with van der Waals surface area (Å²) in [7, 11) is 1.43. The number of hydrogen-bond donors (Lipinski definition) is 2. The summed E-state index contributed by atoms with van der Waals surface area (Å²) in [5.74, 6) is -0.289. The molecule has 0 atom stereocenters. The second-order valence-corrected chi connectivity index (χ2v) is 8.63.